The monoisotopic (exact) mass is 177 g/mol. The molecule has 0 saturated carbocycles. The van der Waals surface area contributed by atoms with Crippen LogP contribution >= 0.6 is 0 Å². The molecule has 0 aromatic heterocycles. The molecule has 2 heteroatoms. The van der Waals surface area contributed by atoms with Crippen molar-refractivity contribution in [3.05, 3.63) is 35.4 Å². The molecule has 0 spiro atoms. The standard InChI is InChI=1S/C11H15NO/c1-9-4-2-5-10(8-9)11(13)6-3-7-12/h2,4-5,8H,3,6-7,12H2,1H3. The highest BCUT2D eigenvalue weighted by Crippen LogP contribution is 2.07. The molecule has 70 valence electrons. The summed E-state index contributed by atoms with van der Waals surface area (Å²) in [7, 11) is 0. The van der Waals surface area contributed by atoms with Gasteiger partial charge in [-0.05, 0) is 26.0 Å². The Hall–Kier alpha value is -1.15. The first-order chi connectivity index (χ1) is 6.24. The van der Waals surface area contributed by atoms with Crippen LogP contribution in [0.25, 0.3) is 0 Å². The Morgan fingerprint density at radius 3 is 2.85 bits per heavy atom. The van der Waals surface area contributed by atoms with Crippen molar-refractivity contribution in [3.63, 3.8) is 0 Å². The van der Waals surface area contributed by atoms with Gasteiger partial charge in [0.1, 0.15) is 0 Å². The maximum Gasteiger partial charge on any atom is 0.162 e. The molecule has 1 aromatic rings. The molecule has 0 fully saturated rings. The second kappa shape index (κ2) is 4.77. The quantitative estimate of drug-likeness (QED) is 0.714. The smallest absolute Gasteiger partial charge is 0.162 e. The van der Waals surface area contributed by atoms with E-state index in [0.29, 0.717) is 13.0 Å². The maximum atomic E-state index is 11.5. The topological polar surface area (TPSA) is 43.1 Å². The Balaban J connectivity index is 2.66. The number of carbonyl (C=O) groups excluding carboxylic acids is 1. The zero-order valence-corrected chi connectivity index (χ0v) is 7.92. The van der Waals surface area contributed by atoms with Crippen LogP contribution in [0.2, 0.25) is 0 Å². The highest BCUT2D eigenvalue weighted by atomic mass is 16.1. The van der Waals surface area contributed by atoms with Crippen LogP contribution in [0.15, 0.2) is 24.3 Å². The molecule has 2 nitrogen and oxygen atoms in total. The molecule has 0 aliphatic rings. The van der Waals surface area contributed by atoms with Gasteiger partial charge in [0, 0.05) is 12.0 Å². The predicted octanol–water partition coefficient (Wildman–Crippen LogP) is 1.92. The normalized spacial score (nSPS) is 10.0. The van der Waals surface area contributed by atoms with Crippen LogP contribution in [-0.2, 0) is 0 Å². The van der Waals surface area contributed by atoms with Crippen molar-refractivity contribution in [2.75, 3.05) is 6.54 Å². The Morgan fingerprint density at radius 2 is 2.23 bits per heavy atom. The Kier molecular flexibility index (Phi) is 3.65. The summed E-state index contributed by atoms with van der Waals surface area (Å²) in [6.07, 6.45) is 1.33. The first-order valence-electron chi connectivity index (χ1n) is 4.54. The van der Waals surface area contributed by atoms with E-state index in [1.807, 2.05) is 31.2 Å². The van der Waals surface area contributed by atoms with Crippen molar-refractivity contribution in [1.29, 1.82) is 0 Å². The second-order valence-electron chi connectivity index (χ2n) is 3.18. The van der Waals surface area contributed by atoms with Crippen molar-refractivity contribution in [3.8, 4) is 0 Å². The highest BCUT2D eigenvalue weighted by molar-refractivity contribution is 5.96. The Morgan fingerprint density at radius 1 is 1.46 bits per heavy atom. The number of benzene rings is 1. The fraction of sp³-hybridized carbons (Fsp3) is 0.364. The van der Waals surface area contributed by atoms with Crippen LogP contribution in [0.5, 0.6) is 0 Å². The third-order valence-corrected chi connectivity index (χ3v) is 1.95. The fourth-order valence-corrected chi connectivity index (χ4v) is 1.23. The van der Waals surface area contributed by atoms with Crippen molar-refractivity contribution in [2.45, 2.75) is 19.8 Å². The van der Waals surface area contributed by atoms with Gasteiger partial charge >= 0.3 is 0 Å². The second-order valence-corrected chi connectivity index (χ2v) is 3.18. The summed E-state index contributed by atoms with van der Waals surface area (Å²) in [6.45, 7) is 2.57. The molecule has 0 unspecified atom stereocenters. The molecular formula is C11H15NO. The van der Waals surface area contributed by atoms with Crippen LogP contribution < -0.4 is 5.73 Å². The average molecular weight is 177 g/mol. The van der Waals surface area contributed by atoms with Crippen LogP contribution in [-0.4, -0.2) is 12.3 Å². The minimum Gasteiger partial charge on any atom is -0.330 e. The summed E-state index contributed by atoms with van der Waals surface area (Å²) in [5, 5.41) is 0. The van der Waals surface area contributed by atoms with Crippen LogP contribution in [0.3, 0.4) is 0 Å². The lowest BCUT2D eigenvalue weighted by Crippen LogP contribution is -2.04. The number of carbonyl (C=O) groups is 1. The van der Waals surface area contributed by atoms with Gasteiger partial charge in [-0.3, -0.25) is 4.79 Å². The molecule has 0 atom stereocenters. The van der Waals surface area contributed by atoms with E-state index in [4.69, 9.17) is 5.73 Å². The van der Waals surface area contributed by atoms with E-state index in [1.165, 1.54) is 0 Å². The molecular weight excluding hydrogens is 162 g/mol. The van der Waals surface area contributed by atoms with E-state index < -0.39 is 0 Å². The molecule has 0 bridgehead atoms. The van der Waals surface area contributed by atoms with E-state index >= 15 is 0 Å². The number of ketones is 1. The number of hydrogen-bond acceptors (Lipinski definition) is 2. The zero-order valence-electron chi connectivity index (χ0n) is 7.92. The van der Waals surface area contributed by atoms with Gasteiger partial charge in [0.25, 0.3) is 0 Å². The summed E-state index contributed by atoms with van der Waals surface area (Å²) in [5.74, 6) is 0.189. The van der Waals surface area contributed by atoms with Gasteiger partial charge in [0.2, 0.25) is 0 Å². The lowest BCUT2D eigenvalue weighted by molar-refractivity contribution is 0.0980. The Labute approximate surface area is 78.8 Å². The van der Waals surface area contributed by atoms with Gasteiger partial charge in [0.05, 0.1) is 0 Å². The SMILES string of the molecule is Cc1cccc(C(=O)CCCN)c1. The van der Waals surface area contributed by atoms with Crippen molar-refractivity contribution >= 4 is 5.78 Å². The Bertz CT molecular complexity index is 294. The maximum absolute atomic E-state index is 11.5. The summed E-state index contributed by atoms with van der Waals surface area (Å²) < 4.78 is 0. The highest BCUT2D eigenvalue weighted by Gasteiger charge is 2.03. The average Bonchev–Trinajstić information content (AvgIpc) is 2.14. The number of aryl methyl sites for hydroxylation is 1. The summed E-state index contributed by atoms with van der Waals surface area (Å²) in [4.78, 5) is 11.5. The van der Waals surface area contributed by atoms with Gasteiger partial charge < -0.3 is 5.73 Å². The third kappa shape index (κ3) is 2.99. The number of Topliss-reactive ketones (excluding diaryl/α,β-unsaturated/α-hetero) is 1. The molecule has 1 rings (SSSR count). The van der Waals surface area contributed by atoms with Crippen molar-refractivity contribution in [1.82, 2.24) is 0 Å². The van der Waals surface area contributed by atoms with Crippen molar-refractivity contribution < 1.29 is 4.79 Å². The van der Waals surface area contributed by atoms with Gasteiger partial charge in [0.15, 0.2) is 5.78 Å². The molecule has 0 amide bonds. The van der Waals surface area contributed by atoms with E-state index in [2.05, 4.69) is 0 Å². The van der Waals surface area contributed by atoms with Crippen LogP contribution in [0.1, 0.15) is 28.8 Å². The summed E-state index contributed by atoms with van der Waals surface area (Å²) >= 11 is 0. The predicted molar refractivity (Wildman–Crippen MR) is 53.8 cm³/mol. The largest absolute Gasteiger partial charge is 0.330 e. The molecule has 1 aromatic carbocycles. The molecule has 0 heterocycles. The molecule has 0 aliphatic heterocycles. The first kappa shape index (κ1) is 9.93. The lowest BCUT2D eigenvalue weighted by atomic mass is 10.0. The number of hydrogen-bond donors (Lipinski definition) is 1. The van der Waals surface area contributed by atoms with Gasteiger partial charge in [-0.1, -0.05) is 23.8 Å². The van der Waals surface area contributed by atoms with Crippen molar-refractivity contribution in [2.24, 2.45) is 5.73 Å². The third-order valence-electron chi connectivity index (χ3n) is 1.95. The fourth-order valence-electron chi connectivity index (χ4n) is 1.23. The van der Waals surface area contributed by atoms with E-state index in [9.17, 15) is 4.79 Å². The number of rotatable bonds is 4. The summed E-state index contributed by atoms with van der Waals surface area (Å²) in [6, 6.07) is 7.66. The van der Waals surface area contributed by atoms with E-state index in [0.717, 1.165) is 17.5 Å². The summed E-state index contributed by atoms with van der Waals surface area (Å²) in [5.41, 5.74) is 7.26. The molecule has 2 N–H and O–H groups in total. The number of nitrogens with two attached hydrogens (primary N) is 1. The minimum absolute atomic E-state index is 0.189. The lowest BCUT2D eigenvalue weighted by Gasteiger charge is -2.00. The van der Waals surface area contributed by atoms with Gasteiger partial charge in [-0.25, -0.2) is 0 Å². The van der Waals surface area contributed by atoms with E-state index in [-0.39, 0.29) is 5.78 Å². The van der Waals surface area contributed by atoms with E-state index in [1.54, 1.807) is 0 Å². The molecule has 0 aliphatic carbocycles. The van der Waals surface area contributed by atoms with Crippen LogP contribution in [0.4, 0.5) is 0 Å². The molecule has 0 radical (unpaired) electrons. The first-order valence-corrected chi connectivity index (χ1v) is 4.54. The van der Waals surface area contributed by atoms with Gasteiger partial charge in [-0.15, -0.1) is 0 Å². The molecule has 0 saturated heterocycles. The van der Waals surface area contributed by atoms with Crippen LogP contribution in [0, 0.1) is 6.92 Å². The minimum atomic E-state index is 0.189. The molecule has 13 heavy (non-hydrogen) atoms. The van der Waals surface area contributed by atoms with Gasteiger partial charge in [-0.2, -0.15) is 0 Å². The zero-order chi connectivity index (χ0) is 9.68.